The lowest BCUT2D eigenvalue weighted by atomic mass is 10.3. The third-order valence-corrected chi connectivity index (χ3v) is 8.05. The fourth-order valence-electron chi connectivity index (χ4n) is 2.14. The van der Waals surface area contributed by atoms with E-state index in [0.29, 0.717) is 15.7 Å². The van der Waals surface area contributed by atoms with E-state index in [9.17, 15) is 8.42 Å². The molecule has 2 aromatic heterocycles. The monoisotopic (exact) mass is 404 g/mol. The van der Waals surface area contributed by atoms with Crippen molar-refractivity contribution < 1.29 is 8.42 Å². The van der Waals surface area contributed by atoms with E-state index in [-0.39, 0.29) is 4.21 Å². The minimum Gasteiger partial charge on any atom is -0.316 e. The number of rotatable bonds is 4. The van der Waals surface area contributed by atoms with Crippen LogP contribution in [0.2, 0.25) is 4.34 Å². The van der Waals surface area contributed by atoms with E-state index in [1.807, 2.05) is 29.9 Å². The van der Waals surface area contributed by atoms with Crippen molar-refractivity contribution in [3.8, 4) is 0 Å². The molecule has 0 amide bonds. The second-order valence-electron chi connectivity index (χ2n) is 4.59. The summed E-state index contributed by atoms with van der Waals surface area (Å²) in [6, 6.07) is 9.15. The normalized spacial score (nSPS) is 13.1. The van der Waals surface area contributed by atoms with E-state index in [2.05, 4.69) is 10.5 Å². The van der Waals surface area contributed by atoms with Gasteiger partial charge in [0.05, 0.1) is 14.6 Å². The van der Waals surface area contributed by atoms with Crippen LogP contribution in [-0.2, 0) is 16.6 Å². The molecule has 122 valence electrons. The molecule has 0 fully saturated rings. The first kappa shape index (κ1) is 17.0. The van der Waals surface area contributed by atoms with Gasteiger partial charge in [-0.15, -0.1) is 27.5 Å². The molecule has 0 saturated carbocycles. The van der Waals surface area contributed by atoms with Crippen LogP contribution in [0, 0.1) is 0 Å². The smallest absolute Gasteiger partial charge is 0.294 e. The predicted octanol–water partition coefficient (Wildman–Crippen LogP) is 4.45. The van der Waals surface area contributed by atoms with Crippen LogP contribution < -0.4 is 4.80 Å². The van der Waals surface area contributed by atoms with Crippen LogP contribution in [0.1, 0.15) is 6.92 Å². The zero-order chi connectivity index (χ0) is 16.6. The number of halogens is 1. The predicted molar refractivity (Wildman–Crippen MR) is 99.3 cm³/mol. The minimum absolute atomic E-state index is 0.160. The number of nitrogens with zero attached hydrogens (tertiary/aromatic N) is 2. The highest BCUT2D eigenvalue weighted by atomic mass is 35.5. The van der Waals surface area contributed by atoms with Crippen LogP contribution in [0.15, 0.2) is 43.8 Å². The fraction of sp³-hybridized carbons (Fsp3) is 0.214. The number of thiazole rings is 1. The molecule has 3 aromatic rings. The van der Waals surface area contributed by atoms with Gasteiger partial charge in [-0.2, -0.15) is 8.42 Å². The molecule has 4 nitrogen and oxygen atoms in total. The van der Waals surface area contributed by atoms with E-state index >= 15 is 0 Å². The topological polar surface area (TPSA) is 51.4 Å². The van der Waals surface area contributed by atoms with Crippen LogP contribution in [0.3, 0.4) is 0 Å². The molecule has 2 heterocycles. The van der Waals surface area contributed by atoms with Gasteiger partial charge in [-0.3, -0.25) is 0 Å². The van der Waals surface area contributed by atoms with Crippen molar-refractivity contribution >= 4 is 66.3 Å². The van der Waals surface area contributed by atoms with Gasteiger partial charge >= 0.3 is 0 Å². The Kier molecular flexibility index (Phi) is 4.89. The van der Waals surface area contributed by atoms with E-state index < -0.39 is 10.0 Å². The van der Waals surface area contributed by atoms with Crippen molar-refractivity contribution in [2.24, 2.45) is 4.40 Å². The fourth-order valence-corrected chi connectivity index (χ4v) is 6.45. The minimum atomic E-state index is -3.74. The molecule has 0 N–H and O–H groups in total. The summed E-state index contributed by atoms with van der Waals surface area (Å²) in [6.07, 6.45) is 2.01. The molecule has 3 rings (SSSR count). The number of hydrogen-bond acceptors (Lipinski definition) is 5. The molecule has 1 aromatic carbocycles. The van der Waals surface area contributed by atoms with Gasteiger partial charge in [0.2, 0.25) is 4.80 Å². The van der Waals surface area contributed by atoms with Crippen molar-refractivity contribution in [1.29, 1.82) is 0 Å². The lowest BCUT2D eigenvalue weighted by Crippen LogP contribution is -2.15. The molecule has 0 aliphatic rings. The van der Waals surface area contributed by atoms with Crippen LogP contribution in [0.5, 0.6) is 0 Å². The molecule has 0 atom stereocenters. The van der Waals surface area contributed by atoms with E-state index in [4.69, 9.17) is 11.6 Å². The first-order chi connectivity index (χ1) is 10.9. The summed E-state index contributed by atoms with van der Waals surface area (Å²) in [7, 11) is -3.74. The third-order valence-electron chi connectivity index (χ3n) is 3.21. The molecule has 0 bridgehead atoms. The van der Waals surface area contributed by atoms with Gasteiger partial charge in [-0.1, -0.05) is 22.9 Å². The Morgan fingerprint density at radius 3 is 2.65 bits per heavy atom. The van der Waals surface area contributed by atoms with Gasteiger partial charge in [0.15, 0.2) is 0 Å². The zero-order valence-corrected chi connectivity index (χ0v) is 16.3. The van der Waals surface area contributed by atoms with Gasteiger partial charge in [0.1, 0.15) is 4.21 Å². The van der Waals surface area contributed by atoms with Crippen molar-refractivity contribution in [1.82, 2.24) is 4.57 Å². The van der Waals surface area contributed by atoms with E-state index in [1.54, 1.807) is 17.8 Å². The van der Waals surface area contributed by atoms with Gasteiger partial charge in [-0.05, 0) is 43.5 Å². The number of aryl methyl sites for hydroxylation is 1. The summed E-state index contributed by atoms with van der Waals surface area (Å²) in [5, 5.41) is 0. The van der Waals surface area contributed by atoms with E-state index in [0.717, 1.165) is 26.4 Å². The maximum atomic E-state index is 12.5. The van der Waals surface area contributed by atoms with Crippen molar-refractivity contribution in [2.75, 3.05) is 6.26 Å². The molecule has 23 heavy (non-hydrogen) atoms. The third kappa shape index (κ3) is 3.36. The Labute approximate surface area is 151 Å². The first-order valence-electron chi connectivity index (χ1n) is 6.68. The average Bonchev–Trinajstić information content (AvgIpc) is 3.09. The summed E-state index contributed by atoms with van der Waals surface area (Å²) in [5.41, 5.74) is 0.994. The highest BCUT2D eigenvalue weighted by molar-refractivity contribution is 7.98. The molecule has 0 saturated heterocycles. The van der Waals surface area contributed by atoms with E-state index in [1.165, 1.54) is 17.4 Å². The summed E-state index contributed by atoms with van der Waals surface area (Å²) in [6.45, 7) is 2.63. The summed E-state index contributed by atoms with van der Waals surface area (Å²) >= 11 is 9.89. The lowest BCUT2D eigenvalue weighted by Gasteiger charge is -2.01. The van der Waals surface area contributed by atoms with Crippen LogP contribution >= 0.6 is 46.0 Å². The molecule has 0 spiro atoms. The highest BCUT2D eigenvalue weighted by Crippen LogP contribution is 2.28. The molecule has 0 aliphatic heterocycles. The van der Waals surface area contributed by atoms with Gasteiger partial charge in [0, 0.05) is 11.4 Å². The second-order valence-corrected chi connectivity index (χ2v) is 10.0. The zero-order valence-electron chi connectivity index (χ0n) is 12.3. The Morgan fingerprint density at radius 1 is 1.26 bits per heavy atom. The number of aromatic nitrogens is 1. The van der Waals surface area contributed by atoms with Crippen LogP contribution in [0.25, 0.3) is 10.2 Å². The van der Waals surface area contributed by atoms with Gasteiger partial charge in [0.25, 0.3) is 10.0 Å². The van der Waals surface area contributed by atoms with Crippen LogP contribution in [0.4, 0.5) is 0 Å². The average molecular weight is 405 g/mol. The molecular formula is C14H13ClN2O2S4. The van der Waals surface area contributed by atoms with Crippen molar-refractivity contribution in [3.05, 3.63) is 39.5 Å². The standard InChI is InChI=1S/C14H13ClN2O2S4/c1-3-17-10-5-4-9(20-2)8-11(10)21-14(17)16-23(18,19)13-7-6-12(15)22-13/h4-8H,3H2,1-2H3/b16-14-. The van der Waals surface area contributed by atoms with Gasteiger partial charge < -0.3 is 4.57 Å². The first-order valence-corrected chi connectivity index (χ1v) is 11.4. The quantitative estimate of drug-likeness (QED) is 0.603. The summed E-state index contributed by atoms with van der Waals surface area (Å²) < 4.78 is 32.5. The molecule has 0 aliphatic carbocycles. The Morgan fingerprint density at radius 2 is 2.04 bits per heavy atom. The highest BCUT2D eigenvalue weighted by Gasteiger charge is 2.17. The maximum Gasteiger partial charge on any atom is 0.294 e. The molecule has 0 radical (unpaired) electrons. The molecule has 0 unspecified atom stereocenters. The summed E-state index contributed by atoms with van der Waals surface area (Å²) in [4.78, 5) is 1.62. The lowest BCUT2D eigenvalue weighted by molar-refractivity contribution is 0.597. The van der Waals surface area contributed by atoms with Crippen LogP contribution in [-0.4, -0.2) is 19.2 Å². The molecular weight excluding hydrogens is 392 g/mol. The van der Waals surface area contributed by atoms with Crippen molar-refractivity contribution in [2.45, 2.75) is 22.6 Å². The second kappa shape index (κ2) is 6.60. The number of sulfonamides is 1. The number of hydrogen-bond donors (Lipinski definition) is 0. The number of thioether (sulfide) groups is 1. The number of fused-ring (bicyclic) bond motifs is 1. The Balaban J connectivity index is 2.22. The summed E-state index contributed by atoms with van der Waals surface area (Å²) in [5.74, 6) is 0. The van der Waals surface area contributed by atoms with Crippen molar-refractivity contribution in [3.63, 3.8) is 0 Å². The Bertz CT molecular complexity index is 1030. The molecule has 9 heteroatoms. The maximum absolute atomic E-state index is 12.5. The number of benzene rings is 1. The largest absolute Gasteiger partial charge is 0.316 e. The van der Waals surface area contributed by atoms with Gasteiger partial charge in [-0.25, -0.2) is 0 Å². The SMILES string of the molecule is CCn1/c(=N/S(=O)(=O)c2ccc(Cl)s2)sc2cc(SC)ccc21. The number of thiophene rings is 1. The Hall–Kier alpha value is -0.800.